The highest BCUT2D eigenvalue weighted by atomic mass is 32.2. The van der Waals surface area contributed by atoms with Crippen LogP contribution in [0, 0.1) is 0 Å². The molecule has 4 atom stereocenters. The lowest BCUT2D eigenvalue weighted by molar-refractivity contribution is -0.116. The van der Waals surface area contributed by atoms with Crippen LogP contribution in [0.15, 0.2) is 67.0 Å². The molecule has 2 unspecified atom stereocenters. The molecule has 9 heteroatoms. The third-order valence-electron chi connectivity index (χ3n) is 7.51. The smallest absolute Gasteiger partial charge is 0.144 e. The number of nitrogens with zero attached hydrogens (tertiary/aromatic N) is 2. The summed E-state index contributed by atoms with van der Waals surface area (Å²) >= 11 is 0. The van der Waals surface area contributed by atoms with Crippen molar-refractivity contribution < 1.29 is 13.2 Å². The minimum absolute atomic E-state index is 0.252. The van der Waals surface area contributed by atoms with Crippen molar-refractivity contribution in [2.75, 3.05) is 7.05 Å². The maximum Gasteiger partial charge on any atom is 0.144 e. The zero-order chi connectivity index (χ0) is 46.7. The van der Waals surface area contributed by atoms with Crippen molar-refractivity contribution >= 4 is 39.2 Å². The Morgan fingerprint density at radius 3 is 1.05 bits per heavy atom. The Kier molecular flexibility index (Phi) is 43.8. The van der Waals surface area contributed by atoms with E-state index < -0.39 is 22.0 Å². The Hall–Kier alpha value is -2.07. The van der Waals surface area contributed by atoms with Gasteiger partial charge in [-0.05, 0) is 210 Å². The van der Waals surface area contributed by atoms with Gasteiger partial charge in [0.25, 0.3) is 0 Å². The van der Waals surface area contributed by atoms with Crippen LogP contribution in [0.4, 0.5) is 0 Å². The number of Topliss-reactive ketones (excluding diaryl/α,β-unsaturated/α-hetero) is 1. The molecule has 3 N–H and O–H groups in total. The van der Waals surface area contributed by atoms with Gasteiger partial charge in [0, 0.05) is 29.9 Å². The number of rotatable bonds is 18. The predicted octanol–water partition coefficient (Wildman–Crippen LogP) is 14.1. The summed E-state index contributed by atoms with van der Waals surface area (Å²) in [5.74, 6) is 0.271. The summed E-state index contributed by atoms with van der Waals surface area (Å²) in [5.41, 5.74) is 14.2. The first-order valence-corrected chi connectivity index (χ1v) is 23.6. The van der Waals surface area contributed by atoms with Gasteiger partial charge in [-0.1, -0.05) is 58.2 Å². The summed E-state index contributed by atoms with van der Waals surface area (Å²) in [5, 5.41) is 3.21. The van der Waals surface area contributed by atoms with Gasteiger partial charge in [-0.2, -0.15) is 8.80 Å². The highest BCUT2D eigenvalue weighted by molar-refractivity contribution is 7.85. The Morgan fingerprint density at radius 1 is 0.534 bits per heavy atom. The van der Waals surface area contributed by atoms with Crippen molar-refractivity contribution in [3.8, 4) is 0 Å². The quantitative estimate of drug-likeness (QED) is 0.105. The molecule has 0 spiro atoms. The topological polar surface area (TPSA) is 114 Å². The molecule has 0 radical (unpaired) electrons. The van der Waals surface area contributed by atoms with Crippen molar-refractivity contribution in [1.82, 2.24) is 5.32 Å². The average molecular weight is 853 g/mol. The lowest BCUT2D eigenvalue weighted by Gasteiger charge is -2.13. The molecule has 0 aromatic carbocycles. The normalized spacial score (nSPS) is 13.3. The molecule has 0 rings (SSSR count). The Balaban J connectivity index is -0.000000206. The zero-order valence-corrected chi connectivity index (χ0v) is 43.8. The maximum atomic E-state index is 11.7. The second-order valence-corrected chi connectivity index (χ2v) is 22.2. The van der Waals surface area contributed by atoms with E-state index in [1.807, 2.05) is 83.2 Å². The monoisotopic (exact) mass is 853 g/mol. The molecule has 7 nitrogen and oxygen atoms in total. The van der Waals surface area contributed by atoms with Gasteiger partial charge in [-0.25, -0.2) is 8.42 Å². The van der Waals surface area contributed by atoms with Crippen LogP contribution in [0.3, 0.4) is 0 Å². The molecule has 0 aliphatic carbocycles. The Labute approximate surface area is 367 Å². The lowest BCUT2D eigenvalue weighted by atomic mass is 10.1. The summed E-state index contributed by atoms with van der Waals surface area (Å²) in [7, 11) is -0.222. The van der Waals surface area contributed by atoms with E-state index in [1.165, 1.54) is 40.7 Å². The maximum absolute atomic E-state index is 11.7. The fraction of sp³-hybridized carbons (Fsp3) is 0.735. The molecule has 0 saturated heterocycles. The minimum atomic E-state index is -1.11. The first-order valence-electron chi connectivity index (χ1n) is 21.4. The van der Waals surface area contributed by atoms with Gasteiger partial charge >= 0.3 is 0 Å². The molecule has 0 saturated carbocycles. The molecule has 0 heterocycles. The van der Waals surface area contributed by atoms with Gasteiger partial charge in [0.05, 0.1) is 9.49 Å². The molecule has 0 aliphatic rings. The van der Waals surface area contributed by atoms with Crippen LogP contribution in [-0.4, -0.2) is 54.2 Å². The Morgan fingerprint density at radius 2 is 0.810 bits per heavy atom. The van der Waals surface area contributed by atoms with Crippen molar-refractivity contribution in [2.45, 2.75) is 231 Å². The van der Waals surface area contributed by atoms with Gasteiger partial charge < -0.3 is 15.8 Å². The number of carbonyl (C=O) groups is 1. The van der Waals surface area contributed by atoms with E-state index in [0.29, 0.717) is 18.5 Å². The van der Waals surface area contributed by atoms with E-state index in [-0.39, 0.29) is 15.3 Å². The number of hydrogen-bond acceptors (Lipinski definition) is 5. The third kappa shape index (κ3) is 60.6. The number of nitrogens with one attached hydrogen (secondary N) is 1. The summed E-state index contributed by atoms with van der Waals surface area (Å²) in [4.78, 5) is 10.4. The highest BCUT2D eigenvalue weighted by Gasteiger charge is 2.19. The fourth-order valence-corrected chi connectivity index (χ4v) is 5.05. The molecular formula is C49H96N4O3S2. The molecule has 0 aromatic rings. The summed E-state index contributed by atoms with van der Waals surface area (Å²) in [6, 6.07) is 0.996. The Bertz CT molecular complexity index is 1270. The van der Waals surface area contributed by atoms with E-state index in [2.05, 4.69) is 107 Å². The van der Waals surface area contributed by atoms with Gasteiger partial charge in [0.15, 0.2) is 0 Å². The summed E-state index contributed by atoms with van der Waals surface area (Å²) in [6.45, 7) is 42.3. The molecule has 0 aromatic heterocycles. The molecule has 0 bridgehead atoms. The summed E-state index contributed by atoms with van der Waals surface area (Å²) in [6.07, 6.45) is 21.0. The van der Waals surface area contributed by atoms with Crippen LogP contribution in [0.2, 0.25) is 0 Å². The number of carbonyl (C=O) groups excluding carboxylic acids is 1. The minimum Gasteiger partial charge on any atom is -0.328 e. The number of nitrogens with two attached hydrogens (primary N) is 1. The van der Waals surface area contributed by atoms with Crippen molar-refractivity contribution in [2.24, 2.45) is 14.5 Å². The molecule has 342 valence electrons. The molecule has 0 amide bonds. The van der Waals surface area contributed by atoms with Gasteiger partial charge in [0.1, 0.15) is 27.8 Å². The lowest BCUT2D eigenvalue weighted by Crippen LogP contribution is -2.20. The predicted molar refractivity (Wildman–Crippen MR) is 268 cm³/mol. The first-order chi connectivity index (χ1) is 26.4. The van der Waals surface area contributed by atoms with E-state index in [9.17, 15) is 13.2 Å². The van der Waals surface area contributed by atoms with Crippen molar-refractivity contribution in [3.05, 3.63) is 58.2 Å². The van der Waals surface area contributed by atoms with Gasteiger partial charge in [-0.15, -0.1) is 0 Å². The third-order valence-corrected chi connectivity index (χ3v) is 10.6. The highest BCUT2D eigenvalue weighted by Crippen LogP contribution is 2.14. The van der Waals surface area contributed by atoms with Crippen LogP contribution in [0.1, 0.15) is 210 Å². The molecule has 0 fully saturated rings. The number of ketones is 1. The van der Waals surface area contributed by atoms with E-state index in [4.69, 9.17) is 5.73 Å². The van der Waals surface area contributed by atoms with E-state index in [1.54, 1.807) is 6.92 Å². The number of hydrogen-bond donors (Lipinski definition) is 2. The second kappa shape index (κ2) is 39.1. The zero-order valence-electron chi connectivity index (χ0n) is 42.1. The second-order valence-electron chi connectivity index (χ2n) is 18.4. The molecule has 0 aliphatic heterocycles. The SMILES string of the molecule is CC(=O)CCC=C(C)C.CC(C)=CCCC(C)=N[S@](=O)C(C)(C)C.CC(C)=CCCC(C)=N[S@](=O)C(C)(C)C.CC(C)=CCCC(C)N.CNC(C)CCC=C(C)C. The standard InChI is InChI=1S/2C12H23NOS.C9H19N.C8H17N.C8H14O/c2*1-10(2)8-7-9-11(3)13-15(14)12(4,5)6;1-8(2)6-5-7-9(3)10-4;2*1-7(2)5-4-6-8(3)9/h2*8H,7,9H2,1-6H3;6,9-10H,5,7H2,1-4H3;5,8H,4,6,9H2,1-3H3;5H,4,6H2,1-3H3/t2*15-;;;/m11.../s1. The molecule has 58 heavy (non-hydrogen) atoms. The van der Waals surface area contributed by atoms with Gasteiger partial charge in [-0.3, -0.25) is 0 Å². The largest absolute Gasteiger partial charge is 0.328 e. The van der Waals surface area contributed by atoms with Crippen LogP contribution >= 0.6 is 0 Å². The van der Waals surface area contributed by atoms with Crippen molar-refractivity contribution in [3.63, 3.8) is 0 Å². The number of allylic oxidation sites excluding steroid dienone is 10. The van der Waals surface area contributed by atoms with Crippen LogP contribution in [0.5, 0.6) is 0 Å². The summed E-state index contributed by atoms with van der Waals surface area (Å²) < 4.78 is 31.3. The van der Waals surface area contributed by atoms with E-state index in [0.717, 1.165) is 56.4 Å². The fourth-order valence-electron chi connectivity index (χ4n) is 3.75. The first kappa shape index (κ1) is 65.1. The molecular weight excluding hydrogens is 757 g/mol. The van der Waals surface area contributed by atoms with Crippen molar-refractivity contribution in [1.29, 1.82) is 0 Å². The van der Waals surface area contributed by atoms with Crippen LogP contribution in [-0.2, 0) is 26.8 Å². The van der Waals surface area contributed by atoms with Gasteiger partial charge in [0.2, 0.25) is 0 Å². The van der Waals surface area contributed by atoms with E-state index >= 15 is 0 Å². The average Bonchev–Trinajstić information content (AvgIpc) is 3.03. The van der Waals surface area contributed by atoms with Crippen LogP contribution < -0.4 is 11.1 Å². The van der Waals surface area contributed by atoms with Crippen LogP contribution in [0.25, 0.3) is 0 Å².